The molecule has 0 aliphatic heterocycles. The Kier molecular flexibility index (Phi) is 5.90. The van der Waals surface area contributed by atoms with Crippen molar-refractivity contribution in [3.05, 3.63) is 74.7 Å². The molecule has 3 aromatic rings. The van der Waals surface area contributed by atoms with Gasteiger partial charge in [-0.1, -0.05) is 23.7 Å². The van der Waals surface area contributed by atoms with E-state index in [-0.39, 0.29) is 5.75 Å². The highest BCUT2D eigenvalue weighted by atomic mass is 35.5. The number of hydrogen-bond acceptors (Lipinski definition) is 5. The van der Waals surface area contributed by atoms with Gasteiger partial charge in [0.1, 0.15) is 5.75 Å². The van der Waals surface area contributed by atoms with Gasteiger partial charge in [0, 0.05) is 10.7 Å². The fraction of sp³-hybridized carbons (Fsp3) is 0.238. The van der Waals surface area contributed by atoms with E-state index in [1.165, 1.54) is 7.11 Å². The molecule has 28 heavy (non-hydrogen) atoms. The minimum Gasteiger partial charge on any atom is -0.496 e. The highest BCUT2D eigenvalue weighted by Crippen LogP contribution is 2.28. The van der Waals surface area contributed by atoms with Crippen molar-refractivity contribution in [3.63, 3.8) is 0 Å². The van der Waals surface area contributed by atoms with Crippen LogP contribution in [0.5, 0.6) is 11.5 Å². The van der Waals surface area contributed by atoms with Gasteiger partial charge >= 0.3 is 5.56 Å². The number of aromatic nitrogens is 2. The lowest BCUT2D eigenvalue weighted by atomic mass is 10.1. The second-order valence-electron chi connectivity index (χ2n) is 6.46. The highest BCUT2D eigenvalue weighted by Gasteiger charge is 2.12. The molecule has 2 aromatic carbocycles. The lowest BCUT2D eigenvalue weighted by Gasteiger charge is -2.17. The minimum atomic E-state index is -0.435. The molecule has 0 aliphatic rings. The summed E-state index contributed by atoms with van der Waals surface area (Å²) in [6, 6.07) is 11.4. The van der Waals surface area contributed by atoms with E-state index in [0.29, 0.717) is 17.5 Å². The van der Waals surface area contributed by atoms with Crippen LogP contribution in [0.15, 0.2) is 47.4 Å². The van der Waals surface area contributed by atoms with Gasteiger partial charge in [-0.3, -0.25) is 4.79 Å². The number of rotatable bonds is 6. The van der Waals surface area contributed by atoms with Gasteiger partial charge < -0.3 is 19.4 Å². The quantitative estimate of drug-likeness (QED) is 0.668. The van der Waals surface area contributed by atoms with Crippen LogP contribution in [0.2, 0.25) is 5.02 Å². The molecule has 1 N–H and O–H groups in total. The van der Waals surface area contributed by atoms with Gasteiger partial charge in [0.15, 0.2) is 0 Å². The van der Waals surface area contributed by atoms with Gasteiger partial charge in [0.25, 0.3) is 0 Å². The maximum absolute atomic E-state index is 12.2. The molecule has 0 saturated heterocycles. The summed E-state index contributed by atoms with van der Waals surface area (Å²) >= 11 is 6.10. The van der Waals surface area contributed by atoms with Gasteiger partial charge in [0.05, 0.1) is 27.0 Å². The fourth-order valence-corrected chi connectivity index (χ4v) is 3.14. The Bertz CT molecular complexity index is 1060. The van der Waals surface area contributed by atoms with Crippen LogP contribution in [0.1, 0.15) is 16.7 Å². The molecular weight excluding hydrogens is 378 g/mol. The van der Waals surface area contributed by atoms with Crippen molar-refractivity contribution >= 4 is 23.2 Å². The number of nitrogens with zero attached hydrogens (tertiary/aromatic N) is 2. The van der Waals surface area contributed by atoms with Gasteiger partial charge in [-0.25, -0.2) is 0 Å². The van der Waals surface area contributed by atoms with Crippen LogP contribution < -0.4 is 20.3 Å². The normalized spacial score (nSPS) is 10.6. The zero-order valence-corrected chi connectivity index (χ0v) is 17.0. The number of methoxy groups -OCH3 is 2. The zero-order chi connectivity index (χ0) is 20.3. The molecule has 1 heterocycles. The van der Waals surface area contributed by atoms with Crippen molar-refractivity contribution in [3.8, 4) is 11.5 Å². The summed E-state index contributed by atoms with van der Waals surface area (Å²) in [5, 5.41) is 3.92. The van der Waals surface area contributed by atoms with Crippen molar-refractivity contribution in [1.29, 1.82) is 0 Å². The van der Waals surface area contributed by atoms with Crippen molar-refractivity contribution < 1.29 is 9.47 Å². The first kappa shape index (κ1) is 19.8. The molecular formula is C21H22ClN3O3. The SMILES string of the molecule is COc1cc(C)c(Nc2nc(=O)c(OC)cn2Cc2cccc(Cl)c2)cc1C. The Morgan fingerprint density at radius 3 is 2.50 bits per heavy atom. The molecule has 7 heteroatoms. The first-order valence-electron chi connectivity index (χ1n) is 8.73. The van der Waals surface area contributed by atoms with Crippen molar-refractivity contribution in [2.75, 3.05) is 19.5 Å². The van der Waals surface area contributed by atoms with E-state index in [2.05, 4.69) is 10.3 Å². The smallest absolute Gasteiger partial charge is 0.316 e. The summed E-state index contributed by atoms with van der Waals surface area (Å²) in [4.78, 5) is 16.4. The maximum atomic E-state index is 12.2. The van der Waals surface area contributed by atoms with Gasteiger partial charge in [0.2, 0.25) is 11.7 Å². The zero-order valence-electron chi connectivity index (χ0n) is 16.2. The number of ether oxygens (including phenoxy) is 2. The topological polar surface area (TPSA) is 65.4 Å². The van der Waals surface area contributed by atoms with Crippen molar-refractivity contribution in [2.24, 2.45) is 0 Å². The second kappa shape index (κ2) is 8.35. The molecule has 0 atom stereocenters. The van der Waals surface area contributed by atoms with E-state index in [9.17, 15) is 4.79 Å². The molecule has 0 saturated carbocycles. The van der Waals surface area contributed by atoms with E-state index >= 15 is 0 Å². The van der Waals surface area contributed by atoms with Gasteiger partial charge in [-0.2, -0.15) is 4.98 Å². The number of aryl methyl sites for hydroxylation is 2. The lowest BCUT2D eigenvalue weighted by molar-refractivity contribution is 0.402. The molecule has 6 nitrogen and oxygen atoms in total. The predicted molar refractivity (Wildman–Crippen MR) is 111 cm³/mol. The number of anilines is 2. The number of hydrogen-bond donors (Lipinski definition) is 1. The Morgan fingerprint density at radius 1 is 1.07 bits per heavy atom. The molecule has 0 spiro atoms. The van der Waals surface area contributed by atoms with Crippen LogP contribution in [0.3, 0.4) is 0 Å². The Morgan fingerprint density at radius 2 is 1.82 bits per heavy atom. The average Bonchev–Trinajstić information content (AvgIpc) is 2.66. The first-order chi connectivity index (χ1) is 13.4. The molecule has 3 rings (SSSR count). The Labute approximate surface area is 168 Å². The molecule has 0 radical (unpaired) electrons. The van der Waals surface area contributed by atoms with E-state index in [0.717, 1.165) is 28.1 Å². The van der Waals surface area contributed by atoms with Crippen LogP contribution in [-0.4, -0.2) is 23.8 Å². The van der Waals surface area contributed by atoms with E-state index in [4.69, 9.17) is 21.1 Å². The first-order valence-corrected chi connectivity index (χ1v) is 9.11. The molecule has 0 aliphatic carbocycles. The van der Waals surface area contributed by atoms with Crippen LogP contribution in [-0.2, 0) is 6.54 Å². The molecule has 0 amide bonds. The third-order valence-corrected chi connectivity index (χ3v) is 4.65. The molecule has 0 unspecified atom stereocenters. The standard InChI is InChI=1S/C21H22ClN3O3/c1-13-9-18(27-3)14(2)8-17(13)23-21-24-20(26)19(28-4)12-25(21)11-15-6-5-7-16(22)10-15/h5-10,12H,11H2,1-4H3,(H,23,24,26). The largest absolute Gasteiger partial charge is 0.496 e. The summed E-state index contributed by atoms with van der Waals surface area (Å²) in [6.45, 7) is 4.40. The van der Waals surface area contributed by atoms with Crippen molar-refractivity contribution in [1.82, 2.24) is 9.55 Å². The van der Waals surface area contributed by atoms with Gasteiger partial charge in [-0.15, -0.1) is 0 Å². The lowest BCUT2D eigenvalue weighted by Crippen LogP contribution is -2.19. The average molecular weight is 400 g/mol. The van der Waals surface area contributed by atoms with Crippen molar-refractivity contribution in [2.45, 2.75) is 20.4 Å². The highest BCUT2D eigenvalue weighted by molar-refractivity contribution is 6.30. The third-order valence-electron chi connectivity index (χ3n) is 4.41. The summed E-state index contributed by atoms with van der Waals surface area (Å²) in [7, 11) is 3.09. The number of halogens is 1. The van der Waals surface area contributed by atoms with E-state index < -0.39 is 5.56 Å². The number of benzene rings is 2. The second-order valence-corrected chi connectivity index (χ2v) is 6.89. The molecule has 1 aromatic heterocycles. The van der Waals surface area contributed by atoms with E-state index in [1.807, 2.05) is 54.8 Å². The number of nitrogens with one attached hydrogen (secondary N) is 1. The maximum Gasteiger partial charge on any atom is 0.316 e. The Balaban J connectivity index is 2.03. The molecule has 146 valence electrons. The van der Waals surface area contributed by atoms with Crippen LogP contribution >= 0.6 is 11.6 Å². The van der Waals surface area contributed by atoms with Crippen LogP contribution in [0, 0.1) is 13.8 Å². The molecule has 0 fully saturated rings. The minimum absolute atomic E-state index is 0.176. The van der Waals surface area contributed by atoms with Crippen LogP contribution in [0.4, 0.5) is 11.6 Å². The molecule has 0 bridgehead atoms. The Hall–Kier alpha value is -2.99. The summed E-state index contributed by atoms with van der Waals surface area (Å²) in [5.74, 6) is 1.40. The van der Waals surface area contributed by atoms with Crippen LogP contribution in [0.25, 0.3) is 0 Å². The summed E-state index contributed by atoms with van der Waals surface area (Å²) in [6.07, 6.45) is 1.64. The predicted octanol–water partition coefficient (Wildman–Crippen LogP) is 4.32. The fourth-order valence-electron chi connectivity index (χ4n) is 2.93. The van der Waals surface area contributed by atoms with Gasteiger partial charge in [-0.05, 0) is 54.8 Å². The van der Waals surface area contributed by atoms with E-state index in [1.54, 1.807) is 13.3 Å². The third kappa shape index (κ3) is 4.28. The monoisotopic (exact) mass is 399 g/mol. The summed E-state index contributed by atoms with van der Waals surface area (Å²) in [5.41, 5.74) is 3.34. The summed E-state index contributed by atoms with van der Waals surface area (Å²) < 4.78 is 12.4.